The van der Waals surface area contributed by atoms with E-state index in [9.17, 15) is 4.79 Å². The second kappa shape index (κ2) is 12.7. The summed E-state index contributed by atoms with van der Waals surface area (Å²) in [6, 6.07) is 24.3. The van der Waals surface area contributed by atoms with Crippen LogP contribution in [0.25, 0.3) is 33.2 Å². The van der Waals surface area contributed by atoms with Crippen molar-refractivity contribution < 1.29 is 9.90 Å². The van der Waals surface area contributed by atoms with Crippen LogP contribution >= 0.6 is 0 Å². The molecular weight excluding hydrogens is 502 g/mol. The van der Waals surface area contributed by atoms with Crippen LogP contribution in [0.1, 0.15) is 36.0 Å². The number of amidine groups is 1. The van der Waals surface area contributed by atoms with Crippen LogP contribution in [-0.2, 0) is 17.8 Å². The van der Waals surface area contributed by atoms with Crippen LogP contribution in [0.5, 0.6) is 0 Å². The van der Waals surface area contributed by atoms with Gasteiger partial charge >= 0.3 is 0 Å². The number of rotatable bonds is 7. The summed E-state index contributed by atoms with van der Waals surface area (Å²) in [6.45, 7) is 4.25. The number of fused-ring (bicyclic) bond motifs is 1. The van der Waals surface area contributed by atoms with Crippen molar-refractivity contribution in [2.45, 2.75) is 33.2 Å². The minimum absolute atomic E-state index is 0.00723. The largest absolute Gasteiger partial charge is 0.483 e. The summed E-state index contributed by atoms with van der Waals surface area (Å²) in [4.78, 5) is 34.5. The molecular formula is C32H33N5O3. The van der Waals surface area contributed by atoms with E-state index in [0.29, 0.717) is 17.9 Å². The van der Waals surface area contributed by atoms with E-state index in [1.807, 2.05) is 60.2 Å². The van der Waals surface area contributed by atoms with Crippen molar-refractivity contribution in [1.29, 1.82) is 0 Å². The first-order valence-corrected chi connectivity index (χ1v) is 13.1. The smallest absolute Gasteiger partial charge is 0.290 e. The SMILES string of the molecule is CCCc1nc(C)c(-c2ccc3[nH]ccc3c2)c(=O)n1Cc1ccc(-c2ccccc2C(N)=NC)cc1.O=CO. The number of benzene rings is 3. The summed E-state index contributed by atoms with van der Waals surface area (Å²) in [5.74, 6) is 1.32. The first kappa shape index (κ1) is 28.0. The summed E-state index contributed by atoms with van der Waals surface area (Å²) >= 11 is 0. The fourth-order valence-corrected chi connectivity index (χ4v) is 4.89. The summed E-state index contributed by atoms with van der Waals surface area (Å²) in [6.07, 6.45) is 3.57. The monoisotopic (exact) mass is 535 g/mol. The van der Waals surface area contributed by atoms with Gasteiger partial charge < -0.3 is 15.8 Å². The summed E-state index contributed by atoms with van der Waals surface area (Å²) in [5.41, 5.74) is 13.5. The van der Waals surface area contributed by atoms with E-state index in [1.54, 1.807) is 7.05 Å². The third kappa shape index (κ3) is 5.86. The standard InChI is InChI=1S/C31H31N5O.CH2O2/c1-4-7-28-35-20(2)29(24-14-15-27-23(18-24)16-17-34-27)31(37)36(28)19-21-10-12-22(13-11-21)25-8-5-6-9-26(25)30(32)33-3;2-1-3/h5-6,8-18,34H,4,7,19H2,1-3H3,(H2,32,33);1H,(H,2,3). The quantitative estimate of drug-likeness (QED) is 0.146. The first-order valence-electron chi connectivity index (χ1n) is 13.1. The van der Waals surface area contributed by atoms with E-state index in [4.69, 9.17) is 20.6 Å². The molecule has 2 heterocycles. The van der Waals surface area contributed by atoms with Crippen molar-refractivity contribution in [2.75, 3.05) is 7.05 Å². The molecule has 0 spiro atoms. The molecule has 0 fully saturated rings. The number of carboxylic acid groups (broad SMARTS) is 1. The van der Waals surface area contributed by atoms with E-state index >= 15 is 0 Å². The van der Waals surface area contributed by atoms with Crippen LogP contribution in [-0.4, -0.2) is 39.0 Å². The summed E-state index contributed by atoms with van der Waals surface area (Å²) in [5, 5.41) is 7.96. The Labute approximate surface area is 232 Å². The highest BCUT2D eigenvalue weighted by atomic mass is 16.3. The number of nitrogens with one attached hydrogen (secondary N) is 1. The van der Waals surface area contributed by atoms with E-state index in [1.165, 1.54) is 0 Å². The molecule has 0 atom stereocenters. The van der Waals surface area contributed by atoms with Crippen molar-refractivity contribution in [2.24, 2.45) is 10.7 Å². The molecule has 8 heteroatoms. The fourth-order valence-electron chi connectivity index (χ4n) is 4.89. The van der Waals surface area contributed by atoms with Crippen LogP contribution in [0.4, 0.5) is 0 Å². The average molecular weight is 536 g/mol. The van der Waals surface area contributed by atoms with Gasteiger partial charge in [-0.2, -0.15) is 0 Å². The molecule has 5 aromatic rings. The molecule has 8 nitrogen and oxygen atoms in total. The predicted molar refractivity (Wildman–Crippen MR) is 161 cm³/mol. The number of aryl methyl sites for hydroxylation is 2. The van der Waals surface area contributed by atoms with Gasteiger partial charge in [0.1, 0.15) is 11.7 Å². The van der Waals surface area contributed by atoms with Crippen LogP contribution in [0.3, 0.4) is 0 Å². The lowest BCUT2D eigenvalue weighted by Crippen LogP contribution is -2.28. The number of carbonyl (C=O) groups is 1. The molecule has 4 N–H and O–H groups in total. The highest BCUT2D eigenvalue weighted by molar-refractivity contribution is 6.03. The van der Waals surface area contributed by atoms with Crippen LogP contribution in [0.2, 0.25) is 0 Å². The minimum atomic E-state index is -0.250. The first-order chi connectivity index (χ1) is 19.4. The molecule has 0 saturated heterocycles. The van der Waals surface area contributed by atoms with E-state index in [0.717, 1.165) is 63.1 Å². The lowest BCUT2D eigenvalue weighted by molar-refractivity contribution is -0.122. The second-order valence-corrected chi connectivity index (χ2v) is 9.37. The van der Waals surface area contributed by atoms with Crippen LogP contribution in [0.15, 0.2) is 88.8 Å². The molecule has 0 saturated carbocycles. The number of hydrogen-bond donors (Lipinski definition) is 3. The molecule has 0 aliphatic heterocycles. The maximum atomic E-state index is 13.9. The van der Waals surface area contributed by atoms with Gasteiger partial charge in [0, 0.05) is 30.7 Å². The molecule has 0 bridgehead atoms. The molecule has 5 rings (SSSR count). The van der Waals surface area contributed by atoms with Gasteiger partial charge in [0.05, 0.1) is 17.8 Å². The van der Waals surface area contributed by atoms with Crippen molar-refractivity contribution >= 4 is 23.2 Å². The van der Waals surface area contributed by atoms with Crippen molar-refractivity contribution in [3.8, 4) is 22.3 Å². The number of nitrogens with zero attached hydrogens (tertiary/aromatic N) is 3. The number of aromatic nitrogens is 3. The maximum absolute atomic E-state index is 13.9. The molecule has 40 heavy (non-hydrogen) atoms. The minimum Gasteiger partial charge on any atom is -0.483 e. The Bertz CT molecular complexity index is 1720. The normalized spacial score (nSPS) is 11.2. The van der Waals surface area contributed by atoms with E-state index in [-0.39, 0.29) is 12.0 Å². The zero-order valence-electron chi connectivity index (χ0n) is 22.9. The zero-order chi connectivity index (χ0) is 28.6. The van der Waals surface area contributed by atoms with Gasteiger partial charge in [-0.05, 0) is 59.2 Å². The molecule has 0 radical (unpaired) electrons. The number of hydrogen-bond acceptors (Lipinski definition) is 4. The summed E-state index contributed by atoms with van der Waals surface area (Å²) < 4.78 is 1.83. The Balaban J connectivity index is 0.00000118. The lowest BCUT2D eigenvalue weighted by atomic mass is 9.98. The Morgan fingerprint density at radius 3 is 2.48 bits per heavy atom. The molecule has 0 amide bonds. The van der Waals surface area contributed by atoms with Gasteiger partial charge in [-0.25, -0.2) is 4.98 Å². The van der Waals surface area contributed by atoms with Crippen molar-refractivity contribution in [3.05, 3.63) is 112 Å². The van der Waals surface area contributed by atoms with Gasteiger partial charge in [-0.3, -0.25) is 19.1 Å². The lowest BCUT2D eigenvalue weighted by Gasteiger charge is -2.16. The zero-order valence-corrected chi connectivity index (χ0v) is 22.9. The number of aliphatic imine (C=N–C) groups is 1. The molecule has 204 valence electrons. The maximum Gasteiger partial charge on any atom is 0.290 e. The molecule has 0 aliphatic carbocycles. The van der Waals surface area contributed by atoms with Gasteiger partial charge in [0.25, 0.3) is 12.0 Å². The van der Waals surface area contributed by atoms with E-state index < -0.39 is 0 Å². The van der Waals surface area contributed by atoms with Gasteiger partial charge in [0.15, 0.2) is 0 Å². The van der Waals surface area contributed by atoms with Crippen LogP contribution < -0.4 is 11.3 Å². The molecule has 0 unspecified atom stereocenters. The topological polar surface area (TPSA) is 126 Å². The highest BCUT2D eigenvalue weighted by Crippen LogP contribution is 2.26. The number of aromatic amines is 1. The second-order valence-electron chi connectivity index (χ2n) is 9.37. The Hall–Kier alpha value is -4.98. The van der Waals surface area contributed by atoms with Crippen molar-refractivity contribution in [3.63, 3.8) is 0 Å². The van der Waals surface area contributed by atoms with Crippen molar-refractivity contribution in [1.82, 2.24) is 14.5 Å². The van der Waals surface area contributed by atoms with Gasteiger partial charge in [0.2, 0.25) is 0 Å². The molecule has 2 aromatic heterocycles. The number of nitrogens with two attached hydrogens (primary N) is 1. The average Bonchev–Trinajstić information content (AvgIpc) is 3.44. The Kier molecular flexibility index (Phi) is 8.91. The third-order valence-electron chi connectivity index (χ3n) is 6.79. The van der Waals surface area contributed by atoms with Gasteiger partial charge in [-0.1, -0.05) is 61.5 Å². The highest BCUT2D eigenvalue weighted by Gasteiger charge is 2.17. The number of H-pyrrole nitrogens is 1. The van der Waals surface area contributed by atoms with Crippen LogP contribution in [0, 0.1) is 6.92 Å². The predicted octanol–water partition coefficient (Wildman–Crippen LogP) is 5.40. The van der Waals surface area contributed by atoms with Gasteiger partial charge in [-0.15, -0.1) is 0 Å². The Morgan fingerprint density at radius 1 is 1.07 bits per heavy atom. The molecule has 0 aliphatic rings. The summed E-state index contributed by atoms with van der Waals surface area (Å²) in [7, 11) is 1.70. The molecule has 3 aromatic carbocycles. The fraction of sp³-hybridized carbons (Fsp3) is 0.188. The van der Waals surface area contributed by atoms with E-state index in [2.05, 4.69) is 47.2 Å². The Morgan fingerprint density at radius 2 is 1.77 bits per heavy atom. The third-order valence-corrected chi connectivity index (χ3v) is 6.79.